The lowest BCUT2D eigenvalue weighted by atomic mass is 9.99. The lowest BCUT2D eigenvalue weighted by Gasteiger charge is -2.28. The third-order valence-corrected chi connectivity index (χ3v) is 4.60. The Hall–Kier alpha value is -0.930. The van der Waals surface area contributed by atoms with Gasteiger partial charge in [0.05, 0.1) is 6.10 Å². The molecular weight excluding hydrogens is 253 g/mol. The van der Waals surface area contributed by atoms with Gasteiger partial charge in [-0.3, -0.25) is 4.90 Å². The lowest BCUT2D eigenvalue weighted by molar-refractivity contribution is 0.0867. The van der Waals surface area contributed by atoms with Crippen LogP contribution in [0.4, 0.5) is 4.39 Å². The van der Waals surface area contributed by atoms with Gasteiger partial charge in [0.1, 0.15) is 5.82 Å². The van der Waals surface area contributed by atoms with Gasteiger partial charge in [-0.15, -0.1) is 0 Å². The predicted molar refractivity (Wildman–Crippen MR) is 80.0 cm³/mol. The first-order chi connectivity index (χ1) is 9.58. The fourth-order valence-electron chi connectivity index (χ4n) is 3.25. The fraction of sp³-hybridized carbons (Fsp3) is 0.647. The number of benzene rings is 1. The summed E-state index contributed by atoms with van der Waals surface area (Å²) < 4.78 is 13.8. The number of aliphatic hydroxyl groups excluding tert-OH is 1. The maximum absolute atomic E-state index is 13.8. The van der Waals surface area contributed by atoms with E-state index in [9.17, 15) is 9.50 Å². The molecule has 0 spiro atoms. The van der Waals surface area contributed by atoms with E-state index in [-0.39, 0.29) is 18.0 Å². The molecule has 1 aliphatic carbocycles. The maximum Gasteiger partial charge on any atom is 0.127 e. The molecule has 20 heavy (non-hydrogen) atoms. The van der Waals surface area contributed by atoms with Crippen molar-refractivity contribution >= 4 is 0 Å². The minimum atomic E-state index is -0.308. The molecule has 112 valence electrons. The highest BCUT2D eigenvalue weighted by Crippen LogP contribution is 2.29. The maximum atomic E-state index is 13.8. The van der Waals surface area contributed by atoms with Gasteiger partial charge in [-0.1, -0.05) is 43.9 Å². The molecule has 0 heterocycles. The summed E-state index contributed by atoms with van der Waals surface area (Å²) in [5.41, 5.74) is 0.697. The van der Waals surface area contributed by atoms with Crippen LogP contribution in [0.1, 0.15) is 50.6 Å². The number of hydrogen-bond donors (Lipinski definition) is 1. The largest absolute Gasteiger partial charge is 0.392 e. The van der Waals surface area contributed by atoms with Crippen molar-refractivity contribution in [1.29, 1.82) is 0 Å². The number of nitrogens with zero attached hydrogens (tertiary/aromatic N) is 1. The van der Waals surface area contributed by atoms with Crippen LogP contribution in [0, 0.1) is 11.7 Å². The highest BCUT2D eigenvalue weighted by Gasteiger charge is 2.22. The van der Waals surface area contributed by atoms with Gasteiger partial charge in [-0.05, 0) is 32.4 Å². The van der Waals surface area contributed by atoms with Gasteiger partial charge in [0.25, 0.3) is 0 Å². The molecular formula is C17H26FNO. The van der Waals surface area contributed by atoms with Crippen LogP contribution in [-0.2, 0) is 0 Å². The molecule has 1 saturated carbocycles. The first kappa shape index (κ1) is 15.5. The molecule has 0 bridgehead atoms. The summed E-state index contributed by atoms with van der Waals surface area (Å²) in [4.78, 5) is 2.04. The molecule has 0 amide bonds. The second-order valence-corrected chi connectivity index (χ2v) is 6.18. The molecule has 0 saturated heterocycles. The summed E-state index contributed by atoms with van der Waals surface area (Å²) in [5, 5.41) is 10.2. The number of aliphatic hydroxyl groups is 1. The van der Waals surface area contributed by atoms with Crippen molar-refractivity contribution in [1.82, 2.24) is 4.90 Å². The van der Waals surface area contributed by atoms with Crippen molar-refractivity contribution in [3.8, 4) is 0 Å². The van der Waals surface area contributed by atoms with Gasteiger partial charge in [-0.2, -0.15) is 0 Å². The Labute approximate surface area is 121 Å². The molecule has 0 radical (unpaired) electrons. The molecule has 0 aromatic heterocycles. The zero-order valence-electron chi connectivity index (χ0n) is 12.6. The van der Waals surface area contributed by atoms with Crippen LogP contribution in [0.2, 0.25) is 0 Å². The Morgan fingerprint density at radius 2 is 1.95 bits per heavy atom. The third kappa shape index (κ3) is 4.03. The van der Waals surface area contributed by atoms with Crippen molar-refractivity contribution in [3.63, 3.8) is 0 Å². The first-order valence-corrected chi connectivity index (χ1v) is 7.70. The Morgan fingerprint density at radius 3 is 2.60 bits per heavy atom. The van der Waals surface area contributed by atoms with Crippen molar-refractivity contribution in [2.45, 2.75) is 51.2 Å². The summed E-state index contributed by atoms with van der Waals surface area (Å²) in [5.74, 6) is 0.513. The highest BCUT2D eigenvalue weighted by molar-refractivity contribution is 5.20. The van der Waals surface area contributed by atoms with Crippen LogP contribution in [0.5, 0.6) is 0 Å². The van der Waals surface area contributed by atoms with E-state index in [0.29, 0.717) is 18.0 Å². The smallest absolute Gasteiger partial charge is 0.127 e. The van der Waals surface area contributed by atoms with E-state index in [4.69, 9.17) is 0 Å². The molecule has 1 N–H and O–H groups in total. The van der Waals surface area contributed by atoms with Crippen LogP contribution in [0.3, 0.4) is 0 Å². The predicted octanol–water partition coefficient (Wildman–Crippen LogP) is 3.76. The van der Waals surface area contributed by atoms with E-state index in [1.165, 1.54) is 31.7 Å². The summed E-state index contributed by atoms with van der Waals surface area (Å²) in [6.07, 6.45) is 5.69. The van der Waals surface area contributed by atoms with Gasteiger partial charge in [0, 0.05) is 18.2 Å². The van der Waals surface area contributed by atoms with Crippen molar-refractivity contribution < 1.29 is 9.50 Å². The first-order valence-electron chi connectivity index (χ1n) is 7.70. The van der Waals surface area contributed by atoms with E-state index in [2.05, 4.69) is 0 Å². The molecule has 2 atom stereocenters. The summed E-state index contributed by atoms with van der Waals surface area (Å²) in [6.45, 7) is 2.59. The van der Waals surface area contributed by atoms with Crippen LogP contribution < -0.4 is 0 Å². The lowest BCUT2D eigenvalue weighted by Crippen LogP contribution is -2.32. The number of halogens is 1. The number of likely N-dealkylation sites (N-methyl/N-ethyl adjacent to an activating group) is 1. The second kappa shape index (κ2) is 7.19. The number of hydrogen-bond acceptors (Lipinski definition) is 2. The van der Waals surface area contributed by atoms with Crippen molar-refractivity contribution in [3.05, 3.63) is 35.6 Å². The van der Waals surface area contributed by atoms with Gasteiger partial charge in [0.15, 0.2) is 0 Å². The van der Waals surface area contributed by atoms with Gasteiger partial charge < -0.3 is 5.11 Å². The zero-order valence-corrected chi connectivity index (χ0v) is 12.6. The van der Waals surface area contributed by atoms with Crippen LogP contribution >= 0.6 is 0 Å². The minimum absolute atomic E-state index is 0.0190. The molecule has 3 heteroatoms. The van der Waals surface area contributed by atoms with Crippen LogP contribution in [0.25, 0.3) is 0 Å². The van der Waals surface area contributed by atoms with Gasteiger partial charge in [-0.25, -0.2) is 4.39 Å². The average Bonchev–Trinajstić information content (AvgIpc) is 2.91. The van der Waals surface area contributed by atoms with Crippen molar-refractivity contribution in [2.75, 3.05) is 13.6 Å². The summed E-state index contributed by atoms with van der Waals surface area (Å²) >= 11 is 0. The Kier molecular flexibility index (Phi) is 5.55. The van der Waals surface area contributed by atoms with E-state index in [0.717, 1.165) is 6.42 Å². The molecule has 2 unspecified atom stereocenters. The molecule has 1 aromatic rings. The Bertz CT molecular complexity index is 417. The van der Waals surface area contributed by atoms with E-state index >= 15 is 0 Å². The third-order valence-electron chi connectivity index (χ3n) is 4.60. The topological polar surface area (TPSA) is 23.5 Å². The molecule has 2 nitrogen and oxygen atoms in total. The SMILES string of the molecule is CC(c1ccccc1F)N(C)CC(O)CC1CCCC1. The molecule has 1 fully saturated rings. The normalized spacial score (nSPS) is 19.4. The van der Waals surface area contributed by atoms with Gasteiger partial charge >= 0.3 is 0 Å². The molecule has 1 aliphatic rings. The Morgan fingerprint density at radius 1 is 1.30 bits per heavy atom. The quantitative estimate of drug-likeness (QED) is 0.857. The monoisotopic (exact) mass is 279 g/mol. The van der Waals surface area contributed by atoms with E-state index in [1.54, 1.807) is 6.07 Å². The molecule has 0 aliphatic heterocycles. The second-order valence-electron chi connectivity index (χ2n) is 6.18. The summed E-state index contributed by atoms with van der Waals surface area (Å²) in [7, 11) is 1.95. The summed E-state index contributed by atoms with van der Waals surface area (Å²) in [6, 6.07) is 6.86. The van der Waals surface area contributed by atoms with Crippen LogP contribution in [-0.4, -0.2) is 29.7 Å². The molecule has 1 aromatic carbocycles. The fourth-order valence-corrected chi connectivity index (χ4v) is 3.25. The van der Waals surface area contributed by atoms with Gasteiger partial charge in [0.2, 0.25) is 0 Å². The highest BCUT2D eigenvalue weighted by atomic mass is 19.1. The number of rotatable bonds is 6. The standard InChI is InChI=1S/C17H26FNO/c1-13(16-9-5-6-10-17(16)18)19(2)12-15(20)11-14-7-3-4-8-14/h5-6,9-10,13-15,20H,3-4,7-8,11-12H2,1-2H3. The van der Waals surface area contributed by atoms with E-state index < -0.39 is 0 Å². The van der Waals surface area contributed by atoms with Crippen LogP contribution in [0.15, 0.2) is 24.3 Å². The van der Waals surface area contributed by atoms with Crippen molar-refractivity contribution in [2.24, 2.45) is 5.92 Å². The molecule has 2 rings (SSSR count). The van der Waals surface area contributed by atoms with E-state index in [1.807, 2.05) is 31.0 Å². The Balaban J connectivity index is 1.87. The average molecular weight is 279 g/mol. The minimum Gasteiger partial charge on any atom is -0.392 e. The zero-order chi connectivity index (χ0) is 14.5.